The third kappa shape index (κ3) is 3.96. The molecule has 13 heavy (non-hydrogen) atoms. The summed E-state index contributed by atoms with van der Waals surface area (Å²) in [5.74, 6) is -0.933. The molecule has 4 heteroatoms. The third-order valence-corrected chi connectivity index (χ3v) is 2.59. The van der Waals surface area contributed by atoms with Gasteiger partial charge < -0.3 is 10.4 Å². The number of carbonyl (C=O) groups is 1. The van der Waals surface area contributed by atoms with E-state index in [1.165, 1.54) is 12.8 Å². The summed E-state index contributed by atoms with van der Waals surface area (Å²) in [5.41, 5.74) is 0. The van der Waals surface area contributed by atoms with Crippen LogP contribution in [0.15, 0.2) is 0 Å². The van der Waals surface area contributed by atoms with Gasteiger partial charge in [0.15, 0.2) is 0 Å². The molecule has 1 fully saturated rings. The zero-order chi connectivity index (χ0) is 8.97. The molecule has 2 N–H and O–H groups in total. The molecule has 2 unspecified atom stereocenters. The van der Waals surface area contributed by atoms with Crippen molar-refractivity contribution < 1.29 is 9.90 Å². The van der Waals surface area contributed by atoms with Crippen LogP contribution in [0.5, 0.6) is 0 Å². The lowest BCUT2D eigenvalue weighted by atomic mass is 9.98. The molecule has 1 heterocycles. The Kier molecular flexibility index (Phi) is 6.08. The first-order valence-electron chi connectivity index (χ1n) is 4.68. The summed E-state index contributed by atoms with van der Waals surface area (Å²) in [6.07, 6.45) is 4.58. The molecule has 3 nitrogen and oxygen atoms in total. The van der Waals surface area contributed by atoms with Crippen molar-refractivity contribution in [3.63, 3.8) is 0 Å². The van der Waals surface area contributed by atoms with Gasteiger partial charge in [0.05, 0.1) is 5.92 Å². The van der Waals surface area contributed by atoms with Crippen LogP contribution in [-0.2, 0) is 4.79 Å². The molecule has 1 saturated heterocycles. The van der Waals surface area contributed by atoms with E-state index < -0.39 is 5.97 Å². The van der Waals surface area contributed by atoms with Crippen molar-refractivity contribution in [3.8, 4) is 0 Å². The van der Waals surface area contributed by atoms with E-state index >= 15 is 0 Å². The van der Waals surface area contributed by atoms with E-state index in [0.29, 0.717) is 0 Å². The fourth-order valence-corrected chi connectivity index (χ4v) is 1.65. The minimum absolute atomic E-state index is 0. The summed E-state index contributed by atoms with van der Waals surface area (Å²) in [6.45, 7) is 2.76. The average molecular weight is 208 g/mol. The summed E-state index contributed by atoms with van der Waals surface area (Å²) in [4.78, 5) is 10.7. The highest BCUT2D eigenvalue weighted by Crippen LogP contribution is 2.15. The average Bonchev–Trinajstić information content (AvgIpc) is 2.30. The first kappa shape index (κ1) is 12.7. The Morgan fingerprint density at radius 1 is 1.46 bits per heavy atom. The largest absolute Gasteiger partial charge is 0.481 e. The molecule has 0 amide bonds. The number of halogens is 1. The van der Waals surface area contributed by atoms with Crippen LogP contribution in [0, 0.1) is 5.92 Å². The number of nitrogens with one attached hydrogen (secondary N) is 1. The molecule has 0 spiro atoms. The Morgan fingerprint density at radius 2 is 2.15 bits per heavy atom. The minimum atomic E-state index is -0.686. The summed E-state index contributed by atoms with van der Waals surface area (Å²) < 4.78 is 0. The lowest BCUT2D eigenvalue weighted by Crippen LogP contribution is -2.37. The van der Waals surface area contributed by atoms with Gasteiger partial charge in [-0.3, -0.25) is 4.79 Å². The first-order valence-corrected chi connectivity index (χ1v) is 4.68. The first-order chi connectivity index (χ1) is 5.72. The molecule has 2 atom stereocenters. The van der Waals surface area contributed by atoms with E-state index in [1.54, 1.807) is 6.92 Å². The number of rotatable bonds is 2. The van der Waals surface area contributed by atoms with Crippen molar-refractivity contribution in [2.24, 2.45) is 5.92 Å². The minimum Gasteiger partial charge on any atom is -0.481 e. The fraction of sp³-hybridized carbons (Fsp3) is 0.889. The van der Waals surface area contributed by atoms with Gasteiger partial charge in [-0.25, -0.2) is 0 Å². The van der Waals surface area contributed by atoms with Gasteiger partial charge in [0, 0.05) is 6.04 Å². The second kappa shape index (κ2) is 6.22. The van der Waals surface area contributed by atoms with Crippen LogP contribution in [0.4, 0.5) is 0 Å². The predicted molar refractivity (Wildman–Crippen MR) is 54.3 cm³/mol. The molecule has 0 saturated carbocycles. The van der Waals surface area contributed by atoms with Crippen molar-refractivity contribution in [2.45, 2.75) is 38.6 Å². The lowest BCUT2D eigenvalue weighted by Gasteiger charge is -2.19. The van der Waals surface area contributed by atoms with Crippen LogP contribution in [0.25, 0.3) is 0 Å². The van der Waals surface area contributed by atoms with Gasteiger partial charge in [0.1, 0.15) is 0 Å². The fourth-order valence-electron chi connectivity index (χ4n) is 1.65. The Morgan fingerprint density at radius 3 is 2.77 bits per heavy atom. The van der Waals surface area contributed by atoms with Crippen molar-refractivity contribution in [2.75, 3.05) is 6.54 Å². The van der Waals surface area contributed by atoms with Gasteiger partial charge in [-0.05, 0) is 19.4 Å². The van der Waals surface area contributed by atoms with E-state index in [2.05, 4.69) is 5.32 Å². The second-order valence-electron chi connectivity index (χ2n) is 3.54. The highest BCUT2D eigenvalue weighted by Gasteiger charge is 2.23. The monoisotopic (exact) mass is 207 g/mol. The summed E-state index contributed by atoms with van der Waals surface area (Å²) in [7, 11) is 0. The molecular weight excluding hydrogens is 190 g/mol. The Labute approximate surface area is 85.3 Å². The number of hydrogen-bond acceptors (Lipinski definition) is 2. The quantitative estimate of drug-likeness (QED) is 0.724. The van der Waals surface area contributed by atoms with Crippen LogP contribution in [0.2, 0.25) is 0 Å². The zero-order valence-electron chi connectivity index (χ0n) is 7.95. The molecule has 1 aliphatic heterocycles. The molecule has 0 aromatic rings. The van der Waals surface area contributed by atoms with E-state index in [9.17, 15) is 4.79 Å². The van der Waals surface area contributed by atoms with E-state index in [4.69, 9.17) is 5.11 Å². The topological polar surface area (TPSA) is 49.3 Å². The SMILES string of the molecule is CC(C(=O)O)C1CCCCCN1.Cl. The van der Waals surface area contributed by atoms with Crippen molar-refractivity contribution >= 4 is 18.4 Å². The number of carboxylic acids is 1. The maximum atomic E-state index is 10.7. The highest BCUT2D eigenvalue weighted by molar-refractivity contribution is 5.85. The second-order valence-corrected chi connectivity index (χ2v) is 3.54. The van der Waals surface area contributed by atoms with Crippen LogP contribution >= 0.6 is 12.4 Å². The summed E-state index contributed by atoms with van der Waals surface area (Å²) in [5, 5.41) is 12.1. The maximum absolute atomic E-state index is 10.7. The normalized spacial score (nSPS) is 25.5. The van der Waals surface area contributed by atoms with Crippen LogP contribution in [0.1, 0.15) is 32.6 Å². The van der Waals surface area contributed by atoms with Crippen LogP contribution < -0.4 is 5.32 Å². The van der Waals surface area contributed by atoms with Crippen molar-refractivity contribution in [1.29, 1.82) is 0 Å². The third-order valence-electron chi connectivity index (χ3n) is 2.59. The zero-order valence-corrected chi connectivity index (χ0v) is 8.77. The van der Waals surface area contributed by atoms with Crippen molar-refractivity contribution in [3.05, 3.63) is 0 Å². The Balaban J connectivity index is 0.00000144. The lowest BCUT2D eigenvalue weighted by molar-refractivity contribution is -0.142. The number of aliphatic carboxylic acids is 1. The van der Waals surface area contributed by atoms with Gasteiger partial charge in [-0.2, -0.15) is 0 Å². The van der Waals surface area contributed by atoms with Crippen LogP contribution in [-0.4, -0.2) is 23.7 Å². The molecule has 0 radical (unpaired) electrons. The standard InChI is InChI=1S/C9H17NO2.ClH/c1-7(9(11)12)8-5-3-2-4-6-10-8;/h7-8,10H,2-6H2,1H3,(H,11,12);1H. The van der Waals surface area contributed by atoms with E-state index in [0.717, 1.165) is 19.4 Å². The van der Waals surface area contributed by atoms with Gasteiger partial charge in [-0.15, -0.1) is 12.4 Å². The molecule has 0 aromatic carbocycles. The predicted octanol–water partition coefficient (Wildman–Crippen LogP) is 1.66. The van der Waals surface area contributed by atoms with E-state index in [1.807, 2.05) is 0 Å². The molecule has 0 aliphatic carbocycles. The number of carboxylic acid groups (broad SMARTS) is 1. The van der Waals surface area contributed by atoms with Gasteiger partial charge in [0.25, 0.3) is 0 Å². The highest BCUT2D eigenvalue weighted by atomic mass is 35.5. The summed E-state index contributed by atoms with van der Waals surface area (Å²) >= 11 is 0. The smallest absolute Gasteiger partial charge is 0.307 e. The van der Waals surface area contributed by atoms with Gasteiger partial charge in [0.2, 0.25) is 0 Å². The molecule has 0 bridgehead atoms. The molecule has 78 valence electrons. The molecule has 1 rings (SSSR count). The Hall–Kier alpha value is -0.280. The van der Waals surface area contributed by atoms with Gasteiger partial charge >= 0.3 is 5.97 Å². The molecule has 1 aliphatic rings. The summed E-state index contributed by atoms with van der Waals surface area (Å²) in [6, 6.07) is 0.185. The van der Waals surface area contributed by atoms with Crippen LogP contribution in [0.3, 0.4) is 0 Å². The molecular formula is C9H18ClNO2. The Bertz CT molecular complexity index is 156. The maximum Gasteiger partial charge on any atom is 0.307 e. The van der Waals surface area contributed by atoms with E-state index in [-0.39, 0.29) is 24.4 Å². The van der Waals surface area contributed by atoms with Gasteiger partial charge in [-0.1, -0.05) is 19.8 Å². The van der Waals surface area contributed by atoms with Crippen molar-refractivity contribution in [1.82, 2.24) is 5.32 Å². The number of hydrogen-bond donors (Lipinski definition) is 2. The molecule has 0 aromatic heterocycles.